The molecule has 5 aromatic rings. The highest BCUT2D eigenvalue weighted by atomic mass is 19.1. The second-order valence-electron chi connectivity index (χ2n) is 9.00. The predicted octanol–water partition coefficient (Wildman–Crippen LogP) is 4.43. The van der Waals surface area contributed by atoms with E-state index in [-0.39, 0.29) is 23.5 Å². The molecule has 0 saturated heterocycles. The third kappa shape index (κ3) is 4.00. The van der Waals surface area contributed by atoms with Crippen molar-refractivity contribution in [2.75, 3.05) is 6.61 Å². The van der Waals surface area contributed by atoms with Crippen LogP contribution in [-0.2, 0) is 0 Å². The Morgan fingerprint density at radius 3 is 2.68 bits per heavy atom. The summed E-state index contributed by atoms with van der Waals surface area (Å²) < 4.78 is 24.3. The van der Waals surface area contributed by atoms with Gasteiger partial charge in [-0.3, -0.25) is 9.36 Å². The molecular weight excluding hydrogens is 473 g/mol. The Morgan fingerprint density at radius 1 is 1.11 bits per heavy atom. The zero-order chi connectivity index (χ0) is 25.5. The van der Waals surface area contributed by atoms with Crippen molar-refractivity contribution in [2.24, 2.45) is 5.73 Å². The molecule has 10 heteroatoms. The summed E-state index contributed by atoms with van der Waals surface area (Å²) in [6.45, 7) is 2.44. The molecular formula is C27H24FN7O2. The predicted molar refractivity (Wildman–Crippen MR) is 135 cm³/mol. The van der Waals surface area contributed by atoms with Gasteiger partial charge in [0.25, 0.3) is 5.91 Å². The minimum absolute atomic E-state index is 0.0466. The van der Waals surface area contributed by atoms with Crippen LogP contribution >= 0.6 is 0 Å². The van der Waals surface area contributed by atoms with E-state index in [0.29, 0.717) is 35.4 Å². The van der Waals surface area contributed by atoms with Crippen molar-refractivity contribution in [3.8, 4) is 23.0 Å². The summed E-state index contributed by atoms with van der Waals surface area (Å²) >= 11 is 0. The third-order valence-corrected chi connectivity index (χ3v) is 6.75. The van der Waals surface area contributed by atoms with Crippen molar-refractivity contribution in [1.29, 1.82) is 0 Å². The molecule has 1 saturated carbocycles. The van der Waals surface area contributed by atoms with Gasteiger partial charge in [0.2, 0.25) is 0 Å². The van der Waals surface area contributed by atoms with Gasteiger partial charge in [0, 0.05) is 23.5 Å². The molecule has 186 valence electrons. The average molecular weight is 498 g/mol. The highest BCUT2D eigenvalue weighted by Crippen LogP contribution is 2.46. The molecule has 4 heterocycles. The van der Waals surface area contributed by atoms with Gasteiger partial charge in [0.05, 0.1) is 18.5 Å². The van der Waals surface area contributed by atoms with Crippen LogP contribution in [0.3, 0.4) is 0 Å². The highest BCUT2D eigenvalue weighted by Gasteiger charge is 2.37. The number of hydrogen-bond donors (Lipinski definition) is 1. The number of carbonyl (C=O) groups is 1. The van der Waals surface area contributed by atoms with E-state index in [1.807, 2.05) is 31.3 Å². The maximum Gasteiger partial charge on any atom is 0.267 e. The fourth-order valence-electron chi connectivity index (χ4n) is 4.85. The first kappa shape index (κ1) is 22.8. The SMILES string of the molecule is CCOc1ccc(-c2nnc(C3CC(n4ccc5ccc(C(N)=O)nc54)C3)n2-c2ccccc2F)nc1. The topological polar surface area (TPSA) is 114 Å². The summed E-state index contributed by atoms with van der Waals surface area (Å²) in [6, 6.07) is 15.8. The Labute approximate surface area is 211 Å². The largest absolute Gasteiger partial charge is 0.492 e. The standard InChI is InChI=1S/C27H24FN7O2/c1-2-37-19-8-10-22(30-15-19)27-33-32-26(35(27)23-6-4-3-5-20(23)28)17-13-18(14-17)34-12-11-16-7-9-21(24(29)36)31-25(16)34/h3-12,15,17-18H,2,13-14H2,1H3,(H2,29,36). The molecule has 0 atom stereocenters. The third-order valence-electron chi connectivity index (χ3n) is 6.75. The summed E-state index contributed by atoms with van der Waals surface area (Å²) in [7, 11) is 0. The molecule has 37 heavy (non-hydrogen) atoms. The van der Waals surface area contributed by atoms with Crippen molar-refractivity contribution in [3.05, 3.63) is 84.3 Å². The molecule has 6 rings (SSSR count). The van der Waals surface area contributed by atoms with E-state index < -0.39 is 5.91 Å². The second kappa shape index (κ2) is 9.12. The minimum Gasteiger partial charge on any atom is -0.492 e. The first-order chi connectivity index (χ1) is 18.0. The van der Waals surface area contributed by atoms with Gasteiger partial charge in [-0.1, -0.05) is 12.1 Å². The van der Waals surface area contributed by atoms with Crippen LogP contribution < -0.4 is 10.5 Å². The lowest BCUT2D eigenvalue weighted by atomic mass is 9.79. The van der Waals surface area contributed by atoms with Gasteiger partial charge in [-0.05, 0) is 62.2 Å². The van der Waals surface area contributed by atoms with Crippen LogP contribution in [0, 0.1) is 5.82 Å². The van der Waals surface area contributed by atoms with Crippen molar-refractivity contribution in [3.63, 3.8) is 0 Å². The summed E-state index contributed by atoms with van der Waals surface area (Å²) in [4.78, 5) is 20.6. The number of nitrogens with zero attached hydrogens (tertiary/aromatic N) is 6. The minimum atomic E-state index is -0.561. The summed E-state index contributed by atoms with van der Waals surface area (Å²) in [5, 5.41) is 9.86. The molecule has 1 amide bonds. The van der Waals surface area contributed by atoms with Gasteiger partial charge in [0.15, 0.2) is 5.82 Å². The van der Waals surface area contributed by atoms with Crippen molar-refractivity contribution in [1.82, 2.24) is 29.3 Å². The summed E-state index contributed by atoms with van der Waals surface area (Å²) in [5.41, 5.74) is 7.32. The maximum absolute atomic E-state index is 15.0. The zero-order valence-electron chi connectivity index (χ0n) is 20.1. The summed E-state index contributed by atoms with van der Waals surface area (Å²) in [6.07, 6.45) is 5.12. The lowest BCUT2D eigenvalue weighted by molar-refractivity contribution is 0.0995. The monoisotopic (exact) mass is 497 g/mol. The number of nitrogens with two attached hydrogens (primary N) is 1. The molecule has 0 unspecified atom stereocenters. The number of benzene rings is 1. The van der Waals surface area contributed by atoms with Crippen LogP contribution in [0.4, 0.5) is 4.39 Å². The van der Waals surface area contributed by atoms with Crippen LogP contribution in [0.1, 0.15) is 48.0 Å². The number of pyridine rings is 2. The molecule has 0 radical (unpaired) electrons. The Kier molecular flexibility index (Phi) is 5.63. The van der Waals surface area contributed by atoms with Crippen LogP contribution in [0.25, 0.3) is 28.2 Å². The fourth-order valence-corrected chi connectivity index (χ4v) is 4.85. The first-order valence-corrected chi connectivity index (χ1v) is 12.1. The Bertz CT molecular complexity index is 1600. The van der Waals surface area contributed by atoms with Crippen LogP contribution in [0.2, 0.25) is 0 Å². The first-order valence-electron chi connectivity index (χ1n) is 12.1. The smallest absolute Gasteiger partial charge is 0.267 e. The van der Waals surface area contributed by atoms with Crippen molar-refractivity contribution >= 4 is 16.9 Å². The van der Waals surface area contributed by atoms with E-state index in [1.54, 1.807) is 41.1 Å². The molecule has 0 spiro atoms. The average Bonchev–Trinajstić information content (AvgIpc) is 3.49. The molecule has 1 fully saturated rings. The number of ether oxygens (including phenoxy) is 1. The van der Waals surface area contributed by atoms with Crippen molar-refractivity contribution < 1.29 is 13.9 Å². The lowest BCUT2D eigenvalue weighted by Crippen LogP contribution is -2.27. The van der Waals surface area contributed by atoms with E-state index in [2.05, 4.69) is 24.7 Å². The Balaban J connectivity index is 1.34. The van der Waals surface area contributed by atoms with E-state index in [0.717, 1.165) is 23.9 Å². The van der Waals surface area contributed by atoms with E-state index in [9.17, 15) is 9.18 Å². The number of aromatic nitrogens is 6. The highest BCUT2D eigenvalue weighted by molar-refractivity contribution is 5.93. The number of primary amides is 1. The Morgan fingerprint density at radius 2 is 1.95 bits per heavy atom. The number of carbonyl (C=O) groups excluding carboxylic acids is 1. The second-order valence-corrected chi connectivity index (χ2v) is 9.00. The zero-order valence-corrected chi connectivity index (χ0v) is 20.1. The molecule has 9 nitrogen and oxygen atoms in total. The normalized spacial score (nSPS) is 17.0. The van der Waals surface area contributed by atoms with E-state index in [4.69, 9.17) is 10.5 Å². The molecule has 0 aliphatic heterocycles. The maximum atomic E-state index is 15.0. The quantitative estimate of drug-likeness (QED) is 0.356. The number of para-hydroxylation sites is 1. The number of amides is 1. The van der Waals surface area contributed by atoms with Crippen LogP contribution in [0.15, 0.2) is 67.0 Å². The number of hydrogen-bond acceptors (Lipinski definition) is 6. The fraction of sp³-hybridized carbons (Fsp3) is 0.222. The van der Waals surface area contributed by atoms with Crippen LogP contribution in [0.5, 0.6) is 5.75 Å². The van der Waals surface area contributed by atoms with Gasteiger partial charge >= 0.3 is 0 Å². The molecule has 1 aliphatic carbocycles. The van der Waals surface area contributed by atoms with Gasteiger partial charge < -0.3 is 15.0 Å². The molecule has 1 aromatic carbocycles. The lowest BCUT2D eigenvalue weighted by Gasteiger charge is -2.36. The van der Waals surface area contributed by atoms with Crippen LogP contribution in [-0.4, -0.2) is 41.8 Å². The van der Waals surface area contributed by atoms with Gasteiger partial charge in [-0.15, -0.1) is 10.2 Å². The van der Waals surface area contributed by atoms with Gasteiger partial charge in [0.1, 0.15) is 34.4 Å². The Hall–Kier alpha value is -4.60. The van der Waals surface area contributed by atoms with E-state index >= 15 is 0 Å². The molecule has 0 bridgehead atoms. The number of halogens is 1. The van der Waals surface area contributed by atoms with Gasteiger partial charge in [-0.25, -0.2) is 14.4 Å². The molecule has 4 aromatic heterocycles. The number of fused-ring (bicyclic) bond motifs is 1. The molecule has 1 aliphatic rings. The van der Waals surface area contributed by atoms with Crippen molar-refractivity contribution in [2.45, 2.75) is 31.7 Å². The number of rotatable bonds is 7. The molecule has 2 N–H and O–H groups in total. The van der Waals surface area contributed by atoms with E-state index in [1.165, 1.54) is 6.07 Å². The van der Waals surface area contributed by atoms with Gasteiger partial charge in [-0.2, -0.15) is 0 Å². The summed E-state index contributed by atoms with van der Waals surface area (Å²) in [5.74, 6) is 0.906.